The fourth-order valence-electron chi connectivity index (χ4n) is 2.21. The lowest BCUT2D eigenvalue weighted by atomic mass is 10.1. The molecule has 17 heavy (non-hydrogen) atoms. The molecule has 0 unspecified atom stereocenters. The summed E-state index contributed by atoms with van der Waals surface area (Å²) in [6.07, 6.45) is 0.474. The number of pyridine rings is 1. The van der Waals surface area contributed by atoms with Crippen LogP contribution in [0.15, 0.2) is 6.07 Å². The number of hydrogen-bond acceptors (Lipinski definition) is 3. The summed E-state index contributed by atoms with van der Waals surface area (Å²) < 4.78 is 5.72. The van der Waals surface area contributed by atoms with Crippen LogP contribution in [0.25, 0.3) is 0 Å². The second kappa shape index (κ2) is 4.83. The lowest BCUT2D eigenvalue weighted by molar-refractivity contribution is -0.00546. The number of hydrogen-bond donors (Lipinski definition) is 0. The lowest BCUT2D eigenvalue weighted by Crippen LogP contribution is -2.45. The minimum Gasteiger partial charge on any atom is -0.372 e. The fourth-order valence-corrected chi connectivity index (χ4v) is 2.44. The van der Waals surface area contributed by atoms with E-state index in [4.69, 9.17) is 16.3 Å². The van der Waals surface area contributed by atoms with E-state index in [-0.39, 0.29) is 12.2 Å². The van der Waals surface area contributed by atoms with Gasteiger partial charge in [-0.3, -0.25) is 0 Å². The van der Waals surface area contributed by atoms with Crippen molar-refractivity contribution in [2.75, 3.05) is 18.0 Å². The number of nitrogens with zero attached hydrogens (tertiary/aromatic N) is 2. The first-order valence-corrected chi connectivity index (χ1v) is 6.39. The molecule has 1 aromatic heterocycles. The van der Waals surface area contributed by atoms with Gasteiger partial charge in [0.25, 0.3) is 0 Å². The van der Waals surface area contributed by atoms with E-state index in [1.807, 2.05) is 6.92 Å². The molecule has 0 bridgehead atoms. The third kappa shape index (κ3) is 2.72. The predicted octanol–water partition coefficient (Wildman–Crippen LogP) is 2.97. The van der Waals surface area contributed by atoms with Crippen molar-refractivity contribution in [2.45, 2.75) is 39.9 Å². The van der Waals surface area contributed by atoms with E-state index in [9.17, 15) is 0 Å². The van der Waals surface area contributed by atoms with Crippen molar-refractivity contribution in [1.82, 2.24) is 4.98 Å². The third-order valence-electron chi connectivity index (χ3n) is 3.20. The van der Waals surface area contributed by atoms with Crippen molar-refractivity contribution in [3.05, 3.63) is 22.3 Å². The Bertz CT molecular complexity index is 389. The van der Waals surface area contributed by atoms with Crippen molar-refractivity contribution in [3.63, 3.8) is 0 Å². The van der Waals surface area contributed by atoms with Gasteiger partial charge in [-0.1, -0.05) is 11.6 Å². The second-order valence-corrected chi connectivity index (χ2v) is 5.23. The minimum absolute atomic E-state index is 0.237. The molecule has 3 nitrogen and oxygen atoms in total. The van der Waals surface area contributed by atoms with E-state index in [2.05, 4.69) is 36.7 Å². The maximum Gasteiger partial charge on any atom is 0.134 e. The first kappa shape index (κ1) is 12.7. The maximum atomic E-state index is 6.14. The number of anilines is 1. The minimum atomic E-state index is 0.237. The smallest absolute Gasteiger partial charge is 0.134 e. The number of aromatic nitrogens is 1. The van der Waals surface area contributed by atoms with E-state index in [0.717, 1.165) is 24.5 Å². The van der Waals surface area contributed by atoms with Crippen LogP contribution in [0.5, 0.6) is 0 Å². The molecule has 0 N–H and O–H groups in total. The number of morpholine rings is 1. The second-order valence-electron chi connectivity index (χ2n) is 4.88. The van der Waals surface area contributed by atoms with E-state index in [0.29, 0.717) is 5.15 Å². The van der Waals surface area contributed by atoms with Crippen molar-refractivity contribution in [3.8, 4) is 0 Å². The van der Waals surface area contributed by atoms with Gasteiger partial charge in [0.2, 0.25) is 0 Å². The first-order chi connectivity index (χ1) is 7.97. The molecular weight excluding hydrogens is 236 g/mol. The van der Waals surface area contributed by atoms with Crippen LogP contribution in [0.1, 0.15) is 25.0 Å². The zero-order valence-corrected chi connectivity index (χ0v) is 11.6. The molecule has 0 spiro atoms. The Labute approximate surface area is 108 Å². The Morgan fingerprint density at radius 2 is 1.88 bits per heavy atom. The van der Waals surface area contributed by atoms with Crippen LogP contribution in [-0.4, -0.2) is 30.3 Å². The Morgan fingerprint density at radius 1 is 1.29 bits per heavy atom. The molecule has 1 aliphatic heterocycles. The van der Waals surface area contributed by atoms with Gasteiger partial charge in [0.15, 0.2) is 0 Å². The normalized spacial score (nSPS) is 25.1. The van der Waals surface area contributed by atoms with Crippen LogP contribution in [-0.2, 0) is 4.74 Å². The summed E-state index contributed by atoms with van der Waals surface area (Å²) in [6.45, 7) is 9.99. The highest BCUT2D eigenvalue weighted by Gasteiger charge is 2.23. The van der Waals surface area contributed by atoms with Gasteiger partial charge in [-0.25, -0.2) is 4.98 Å². The Morgan fingerprint density at radius 3 is 2.41 bits per heavy atom. The average molecular weight is 255 g/mol. The molecule has 94 valence electrons. The number of ether oxygens (including phenoxy) is 1. The summed E-state index contributed by atoms with van der Waals surface area (Å²) in [6, 6.07) is 2.10. The largest absolute Gasteiger partial charge is 0.372 e. The molecule has 1 aromatic rings. The Hall–Kier alpha value is -0.800. The first-order valence-electron chi connectivity index (χ1n) is 6.01. The highest BCUT2D eigenvalue weighted by Crippen LogP contribution is 2.24. The zero-order valence-electron chi connectivity index (χ0n) is 10.8. The standard InChI is InChI=1S/C13H19ClN2O/c1-8-5-12(15-13(14)11(8)4)16-6-9(2)17-10(3)7-16/h5,9-10H,6-7H2,1-4H3/t9-,10+. The van der Waals surface area contributed by atoms with Crippen LogP contribution in [0.2, 0.25) is 5.15 Å². The summed E-state index contributed by atoms with van der Waals surface area (Å²) in [4.78, 5) is 6.71. The van der Waals surface area contributed by atoms with Crippen LogP contribution >= 0.6 is 11.6 Å². The van der Waals surface area contributed by atoms with Gasteiger partial charge < -0.3 is 9.64 Å². The van der Waals surface area contributed by atoms with Crippen molar-refractivity contribution in [1.29, 1.82) is 0 Å². The molecule has 0 radical (unpaired) electrons. The fraction of sp³-hybridized carbons (Fsp3) is 0.615. The third-order valence-corrected chi connectivity index (χ3v) is 3.57. The van der Waals surface area contributed by atoms with Gasteiger partial charge in [-0.15, -0.1) is 0 Å². The molecule has 0 saturated carbocycles. The molecule has 0 aliphatic carbocycles. The highest BCUT2D eigenvalue weighted by atomic mass is 35.5. The monoisotopic (exact) mass is 254 g/mol. The van der Waals surface area contributed by atoms with Gasteiger partial charge in [0, 0.05) is 13.1 Å². The SMILES string of the molecule is Cc1cc(N2C[C@@H](C)O[C@@H](C)C2)nc(Cl)c1C. The highest BCUT2D eigenvalue weighted by molar-refractivity contribution is 6.30. The summed E-state index contributed by atoms with van der Waals surface area (Å²) in [5.74, 6) is 0.958. The topological polar surface area (TPSA) is 25.4 Å². The predicted molar refractivity (Wildman–Crippen MR) is 70.9 cm³/mol. The molecular formula is C13H19ClN2O. The molecule has 0 aromatic carbocycles. The van der Waals surface area contributed by atoms with Crippen molar-refractivity contribution in [2.24, 2.45) is 0 Å². The van der Waals surface area contributed by atoms with Crippen LogP contribution < -0.4 is 4.90 Å². The van der Waals surface area contributed by atoms with E-state index >= 15 is 0 Å². The molecule has 4 heteroatoms. The van der Waals surface area contributed by atoms with E-state index in [1.54, 1.807) is 0 Å². The van der Waals surface area contributed by atoms with Gasteiger partial charge in [-0.2, -0.15) is 0 Å². The summed E-state index contributed by atoms with van der Waals surface area (Å²) >= 11 is 6.14. The van der Waals surface area contributed by atoms with Crippen molar-refractivity contribution < 1.29 is 4.74 Å². The molecule has 1 aliphatic rings. The summed E-state index contributed by atoms with van der Waals surface area (Å²) in [5, 5.41) is 0.604. The number of rotatable bonds is 1. The molecule has 0 amide bonds. The summed E-state index contributed by atoms with van der Waals surface area (Å²) in [7, 11) is 0. The molecule has 1 fully saturated rings. The molecule has 2 atom stereocenters. The van der Waals surface area contributed by atoms with Crippen LogP contribution in [0.3, 0.4) is 0 Å². The van der Waals surface area contributed by atoms with E-state index in [1.165, 1.54) is 5.56 Å². The van der Waals surface area contributed by atoms with Crippen molar-refractivity contribution >= 4 is 17.4 Å². The summed E-state index contributed by atoms with van der Waals surface area (Å²) in [5.41, 5.74) is 2.25. The quantitative estimate of drug-likeness (QED) is 0.721. The molecule has 2 rings (SSSR count). The maximum absolute atomic E-state index is 6.14. The average Bonchev–Trinajstić information content (AvgIpc) is 2.23. The van der Waals surface area contributed by atoms with Gasteiger partial charge >= 0.3 is 0 Å². The Balaban J connectivity index is 2.27. The van der Waals surface area contributed by atoms with Crippen LogP contribution in [0.4, 0.5) is 5.82 Å². The molecule has 2 heterocycles. The molecule has 1 saturated heterocycles. The number of halogens is 1. The van der Waals surface area contributed by atoms with Gasteiger partial charge in [0.1, 0.15) is 11.0 Å². The zero-order chi connectivity index (χ0) is 12.6. The van der Waals surface area contributed by atoms with Gasteiger partial charge in [0.05, 0.1) is 12.2 Å². The lowest BCUT2D eigenvalue weighted by Gasteiger charge is -2.36. The van der Waals surface area contributed by atoms with Gasteiger partial charge in [-0.05, 0) is 44.9 Å². The Kier molecular flexibility index (Phi) is 3.59. The van der Waals surface area contributed by atoms with Crippen LogP contribution in [0, 0.1) is 13.8 Å². The number of aryl methyl sites for hydroxylation is 1. The van der Waals surface area contributed by atoms with E-state index < -0.39 is 0 Å².